The van der Waals surface area contributed by atoms with Crippen molar-refractivity contribution in [1.82, 2.24) is 4.72 Å². The summed E-state index contributed by atoms with van der Waals surface area (Å²) in [5.41, 5.74) is 0.155. The smallest absolute Gasteiger partial charge is 0.241 e. The maximum Gasteiger partial charge on any atom is 0.241 e. The predicted molar refractivity (Wildman–Crippen MR) is 72.0 cm³/mol. The lowest BCUT2D eigenvalue weighted by atomic mass is 9.67. The first-order valence-electron chi connectivity index (χ1n) is 6.20. The summed E-state index contributed by atoms with van der Waals surface area (Å²) in [5.74, 6) is 0. The third kappa shape index (κ3) is 2.61. The normalized spacial score (nSPS) is 18.6. The van der Waals surface area contributed by atoms with E-state index >= 15 is 0 Å². The molecule has 1 aliphatic carbocycles. The van der Waals surface area contributed by atoms with E-state index < -0.39 is 10.0 Å². The van der Waals surface area contributed by atoms with Crippen LogP contribution in [0.5, 0.6) is 0 Å². The third-order valence-corrected chi connectivity index (χ3v) is 6.46. The summed E-state index contributed by atoms with van der Waals surface area (Å²) < 4.78 is 27.0. The van der Waals surface area contributed by atoms with E-state index in [0.29, 0.717) is 11.4 Å². The molecule has 0 aliphatic heterocycles. The zero-order valence-electron chi connectivity index (χ0n) is 10.5. The maximum absolute atomic E-state index is 12.2. The van der Waals surface area contributed by atoms with Gasteiger partial charge in [0.1, 0.15) is 0 Å². The number of thiophene rings is 1. The van der Waals surface area contributed by atoms with Crippen LogP contribution in [-0.4, -0.2) is 20.1 Å². The number of sulfonamides is 1. The highest BCUT2D eigenvalue weighted by Gasteiger charge is 2.36. The molecule has 0 saturated heterocycles. The number of hydrogen-bond acceptors (Lipinski definition) is 4. The molecular weight excluding hydrogens is 270 g/mol. The second-order valence-electron chi connectivity index (χ2n) is 4.90. The highest BCUT2D eigenvalue weighted by molar-refractivity contribution is 7.89. The maximum atomic E-state index is 12.2. The number of aliphatic hydroxyl groups is 1. The Kier molecular flexibility index (Phi) is 4.11. The number of aliphatic hydroxyl groups excluding tert-OH is 1. The van der Waals surface area contributed by atoms with Crippen molar-refractivity contribution in [3.05, 3.63) is 16.3 Å². The lowest BCUT2D eigenvalue weighted by Crippen LogP contribution is -2.41. The van der Waals surface area contributed by atoms with Crippen molar-refractivity contribution in [3.63, 3.8) is 0 Å². The van der Waals surface area contributed by atoms with Gasteiger partial charge in [-0.25, -0.2) is 13.1 Å². The first-order valence-corrected chi connectivity index (χ1v) is 8.56. The molecule has 6 heteroatoms. The minimum absolute atomic E-state index is 0.155. The first-order chi connectivity index (χ1) is 8.53. The van der Waals surface area contributed by atoms with Crippen molar-refractivity contribution in [2.24, 2.45) is 5.41 Å². The molecule has 1 aliphatic rings. The van der Waals surface area contributed by atoms with Gasteiger partial charge in [0.05, 0.1) is 11.5 Å². The first kappa shape index (κ1) is 14.0. The molecule has 1 aromatic rings. The average Bonchev–Trinajstić information content (AvgIpc) is 2.77. The van der Waals surface area contributed by atoms with Gasteiger partial charge in [0.2, 0.25) is 10.0 Å². The van der Waals surface area contributed by atoms with E-state index in [1.807, 2.05) is 0 Å². The number of rotatable bonds is 6. The van der Waals surface area contributed by atoms with E-state index in [9.17, 15) is 8.42 Å². The van der Waals surface area contributed by atoms with E-state index in [1.54, 1.807) is 11.4 Å². The van der Waals surface area contributed by atoms with Crippen molar-refractivity contribution in [1.29, 1.82) is 0 Å². The fourth-order valence-electron chi connectivity index (χ4n) is 2.34. The molecule has 102 valence electrons. The van der Waals surface area contributed by atoms with Crippen molar-refractivity contribution in [2.75, 3.05) is 6.54 Å². The van der Waals surface area contributed by atoms with Crippen molar-refractivity contribution in [3.8, 4) is 0 Å². The fourth-order valence-corrected chi connectivity index (χ4v) is 4.79. The summed E-state index contributed by atoms with van der Waals surface area (Å²) in [6, 6.07) is 1.55. The van der Waals surface area contributed by atoms with Gasteiger partial charge < -0.3 is 5.11 Å². The summed E-state index contributed by atoms with van der Waals surface area (Å²) >= 11 is 1.27. The second kappa shape index (κ2) is 5.28. The Morgan fingerprint density at radius 1 is 1.50 bits per heavy atom. The molecule has 1 aromatic heterocycles. The highest BCUT2D eigenvalue weighted by atomic mass is 32.2. The van der Waals surface area contributed by atoms with Crippen LogP contribution in [0.1, 0.15) is 37.5 Å². The van der Waals surface area contributed by atoms with Gasteiger partial charge in [-0.05, 0) is 36.1 Å². The Labute approximate surface area is 112 Å². The molecule has 0 amide bonds. The molecule has 0 bridgehead atoms. The van der Waals surface area contributed by atoms with Gasteiger partial charge in [0.25, 0.3) is 0 Å². The van der Waals surface area contributed by atoms with Crippen LogP contribution in [0.15, 0.2) is 16.3 Å². The summed E-state index contributed by atoms with van der Waals surface area (Å²) in [4.78, 5) is 0.724. The van der Waals surface area contributed by atoms with Crippen LogP contribution in [0, 0.1) is 5.41 Å². The van der Waals surface area contributed by atoms with Crippen LogP contribution >= 0.6 is 11.3 Å². The Balaban J connectivity index is 2.08. The van der Waals surface area contributed by atoms with Crippen LogP contribution in [0.4, 0.5) is 0 Å². The largest absolute Gasteiger partial charge is 0.391 e. The van der Waals surface area contributed by atoms with Gasteiger partial charge in [-0.3, -0.25) is 0 Å². The van der Waals surface area contributed by atoms with E-state index in [1.165, 1.54) is 17.8 Å². The molecule has 2 N–H and O–H groups in total. The molecule has 0 spiro atoms. The summed E-state index contributed by atoms with van der Waals surface area (Å²) in [6.07, 6.45) is 4.40. The van der Waals surface area contributed by atoms with Crippen LogP contribution in [-0.2, 0) is 16.6 Å². The minimum Gasteiger partial charge on any atom is -0.391 e. The van der Waals surface area contributed by atoms with Gasteiger partial charge in [-0.1, -0.05) is 13.3 Å². The van der Waals surface area contributed by atoms with Gasteiger partial charge >= 0.3 is 0 Å². The zero-order chi connectivity index (χ0) is 13.2. The molecule has 1 heterocycles. The van der Waals surface area contributed by atoms with Gasteiger partial charge in [0, 0.05) is 11.4 Å². The number of nitrogens with one attached hydrogen (secondary N) is 1. The fraction of sp³-hybridized carbons (Fsp3) is 0.667. The van der Waals surface area contributed by atoms with Gasteiger partial charge in [-0.15, -0.1) is 11.3 Å². The molecule has 1 saturated carbocycles. The van der Waals surface area contributed by atoms with Gasteiger partial charge in [-0.2, -0.15) is 0 Å². The molecule has 4 nitrogen and oxygen atoms in total. The molecule has 2 rings (SSSR count). The SMILES string of the molecule is CCC1(CNS(=O)(=O)c2ccsc2CO)CCC1. The highest BCUT2D eigenvalue weighted by Crippen LogP contribution is 2.43. The average molecular weight is 289 g/mol. The molecule has 0 aromatic carbocycles. The van der Waals surface area contributed by atoms with Gasteiger partial charge in [0.15, 0.2) is 0 Å². The summed E-state index contributed by atoms with van der Waals surface area (Å²) in [6.45, 7) is 2.39. The molecule has 0 atom stereocenters. The van der Waals surface area contributed by atoms with Crippen molar-refractivity contribution in [2.45, 2.75) is 44.1 Å². The van der Waals surface area contributed by atoms with Crippen LogP contribution in [0.2, 0.25) is 0 Å². The molecule has 0 unspecified atom stereocenters. The minimum atomic E-state index is -3.48. The molecular formula is C12H19NO3S2. The summed E-state index contributed by atoms with van der Waals surface area (Å²) in [7, 11) is -3.48. The zero-order valence-corrected chi connectivity index (χ0v) is 12.1. The number of hydrogen-bond donors (Lipinski definition) is 2. The van der Waals surface area contributed by atoms with E-state index in [2.05, 4.69) is 11.6 Å². The Hall–Kier alpha value is -0.430. The quantitative estimate of drug-likeness (QED) is 0.843. The Morgan fingerprint density at radius 3 is 2.72 bits per heavy atom. The van der Waals surface area contributed by atoms with Crippen LogP contribution in [0.25, 0.3) is 0 Å². The van der Waals surface area contributed by atoms with Crippen LogP contribution in [0.3, 0.4) is 0 Å². The van der Waals surface area contributed by atoms with Crippen molar-refractivity contribution < 1.29 is 13.5 Å². The summed E-state index contributed by atoms with van der Waals surface area (Å²) in [5, 5.41) is 10.8. The predicted octanol–water partition coefficient (Wildman–Crippen LogP) is 2.10. The second-order valence-corrected chi connectivity index (χ2v) is 7.63. The van der Waals surface area contributed by atoms with E-state index in [-0.39, 0.29) is 16.9 Å². The standard InChI is InChI=1S/C12H19NO3S2/c1-2-12(5-3-6-12)9-13-18(15,16)11-4-7-17-10(11)8-14/h4,7,13-14H,2-3,5-6,8-9H2,1H3. The Bertz CT molecular complexity index is 498. The van der Waals surface area contributed by atoms with Crippen molar-refractivity contribution >= 4 is 21.4 Å². The molecule has 18 heavy (non-hydrogen) atoms. The van der Waals surface area contributed by atoms with E-state index in [0.717, 1.165) is 19.3 Å². The lowest BCUT2D eigenvalue weighted by molar-refractivity contribution is 0.133. The Morgan fingerprint density at radius 2 is 2.22 bits per heavy atom. The van der Waals surface area contributed by atoms with Crippen LogP contribution < -0.4 is 4.72 Å². The monoisotopic (exact) mass is 289 g/mol. The lowest BCUT2D eigenvalue weighted by Gasteiger charge is -2.41. The molecule has 0 radical (unpaired) electrons. The van der Waals surface area contributed by atoms with E-state index in [4.69, 9.17) is 5.11 Å². The third-order valence-electron chi connectivity index (χ3n) is 3.94. The topological polar surface area (TPSA) is 66.4 Å². The molecule has 1 fully saturated rings.